The number of hydrogen-bond donors (Lipinski definition) is 2. The van der Waals surface area contributed by atoms with E-state index in [1.54, 1.807) is 24.3 Å². The van der Waals surface area contributed by atoms with Gasteiger partial charge in [-0.05, 0) is 24.3 Å². The Bertz CT molecular complexity index is 601. The zero-order valence-corrected chi connectivity index (χ0v) is 9.91. The van der Waals surface area contributed by atoms with Crippen LogP contribution in [-0.2, 0) is 0 Å². The third-order valence-corrected chi connectivity index (χ3v) is 2.66. The van der Waals surface area contributed by atoms with Crippen molar-refractivity contribution in [1.29, 1.82) is 0 Å². The number of rotatable bonds is 2. The molecule has 0 bridgehead atoms. The molecule has 0 aliphatic rings. The molecule has 2 aromatic carbocycles. The smallest absolute Gasteiger partial charge is 0.259 e. The Balaban J connectivity index is 2.25. The Morgan fingerprint density at radius 2 is 1.94 bits per heavy atom. The third kappa shape index (κ3) is 2.60. The normalized spacial score (nSPS) is 10.1. The molecule has 0 saturated carbocycles. The lowest BCUT2D eigenvalue weighted by atomic mass is 10.2. The summed E-state index contributed by atoms with van der Waals surface area (Å²) in [4.78, 5) is 11.8. The maximum Gasteiger partial charge on any atom is 0.259 e. The van der Waals surface area contributed by atoms with Gasteiger partial charge in [0, 0.05) is 6.07 Å². The van der Waals surface area contributed by atoms with E-state index < -0.39 is 17.5 Å². The van der Waals surface area contributed by atoms with Crippen molar-refractivity contribution in [2.24, 2.45) is 0 Å². The predicted molar refractivity (Wildman–Crippen MR) is 67.5 cm³/mol. The van der Waals surface area contributed by atoms with Crippen molar-refractivity contribution in [3.63, 3.8) is 0 Å². The highest BCUT2D eigenvalue weighted by molar-refractivity contribution is 6.33. The van der Waals surface area contributed by atoms with Crippen LogP contribution in [0.5, 0.6) is 5.75 Å². The zero-order valence-electron chi connectivity index (χ0n) is 9.15. The Morgan fingerprint density at radius 3 is 2.61 bits per heavy atom. The van der Waals surface area contributed by atoms with Crippen molar-refractivity contribution in [1.82, 2.24) is 0 Å². The van der Waals surface area contributed by atoms with Gasteiger partial charge in [-0.15, -0.1) is 0 Å². The van der Waals surface area contributed by atoms with Crippen LogP contribution in [0.4, 0.5) is 10.1 Å². The van der Waals surface area contributed by atoms with Crippen LogP contribution in [0.15, 0.2) is 42.5 Å². The van der Waals surface area contributed by atoms with Crippen LogP contribution in [0.25, 0.3) is 0 Å². The van der Waals surface area contributed by atoms with Crippen LogP contribution >= 0.6 is 11.6 Å². The summed E-state index contributed by atoms with van der Waals surface area (Å²) < 4.78 is 12.8. The Labute approximate surface area is 108 Å². The number of anilines is 1. The number of hydrogen-bond acceptors (Lipinski definition) is 2. The third-order valence-electron chi connectivity index (χ3n) is 2.33. The molecule has 0 saturated heterocycles. The fourth-order valence-corrected chi connectivity index (χ4v) is 1.63. The molecule has 2 N–H and O–H groups in total. The van der Waals surface area contributed by atoms with Crippen molar-refractivity contribution in [3.8, 4) is 5.75 Å². The van der Waals surface area contributed by atoms with Crippen LogP contribution in [0.3, 0.4) is 0 Å². The molecular formula is C13H9ClFNO2. The van der Waals surface area contributed by atoms with E-state index in [4.69, 9.17) is 11.6 Å². The summed E-state index contributed by atoms with van der Waals surface area (Å²) in [5, 5.41) is 12.4. The number of benzene rings is 2. The van der Waals surface area contributed by atoms with Crippen molar-refractivity contribution in [3.05, 3.63) is 58.9 Å². The first-order valence-electron chi connectivity index (χ1n) is 5.12. The molecule has 18 heavy (non-hydrogen) atoms. The number of phenols is 1. The van der Waals surface area contributed by atoms with Crippen molar-refractivity contribution in [2.75, 3.05) is 5.32 Å². The number of phenolic OH excluding ortho intramolecular Hbond substituents is 1. The van der Waals surface area contributed by atoms with Gasteiger partial charge in [-0.25, -0.2) is 4.39 Å². The average molecular weight is 266 g/mol. The van der Waals surface area contributed by atoms with Gasteiger partial charge in [0.05, 0.1) is 16.3 Å². The van der Waals surface area contributed by atoms with Crippen LogP contribution in [0.2, 0.25) is 5.02 Å². The first-order chi connectivity index (χ1) is 8.58. The topological polar surface area (TPSA) is 49.3 Å². The van der Waals surface area contributed by atoms with Crippen molar-refractivity contribution >= 4 is 23.2 Å². The summed E-state index contributed by atoms with van der Waals surface area (Å²) in [7, 11) is 0. The predicted octanol–water partition coefficient (Wildman–Crippen LogP) is 3.44. The first kappa shape index (κ1) is 12.4. The Hall–Kier alpha value is -2.07. The summed E-state index contributed by atoms with van der Waals surface area (Å²) in [5.74, 6) is -1.58. The number of carbonyl (C=O) groups excluding carboxylic acids is 1. The van der Waals surface area contributed by atoms with Gasteiger partial charge in [0.1, 0.15) is 11.6 Å². The highest BCUT2D eigenvalue weighted by Crippen LogP contribution is 2.23. The summed E-state index contributed by atoms with van der Waals surface area (Å²) in [6.45, 7) is 0. The van der Waals surface area contributed by atoms with E-state index in [9.17, 15) is 14.3 Å². The lowest BCUT2D eigenvalue weighted by Gasteiger charge is -2.08. The minimum atomic E-state index is -0.609. The zero-order chi connectivity index (χ0) is 13.1. The van der Waals surface area contributed by atoms with Crippen LogP contribution < -0.4 is 5.32 Å². The molecule has 1 amide bonds. The monoisotopic (exact) mass is 265 g/mol. The van der Waals surface area contributed by atoms with Gasteiger partial charge in [0.2, 0.25) is 0 Å². The van der Waals surface area contributed by atoms with E-state index >= 15 is 0 Å². The molecule has 0 aromatic heterocycles. The molecule has 0 fully saturated rings. The number of carbonyl (C=O) groups is 1. The largest absolute Gasteiger partial charge is 0.507 e. The van der Waals surface area contributed by atoms with Crippen LogP contribution in [-0.4, -0.2) is 11.0 Å². The number of amides is 1. The summed E-state index contributed by atoms with van der Waals surface area (Å²) in [5.41, 5.74) is 0.407. The molecule has 0 atom stereocenters. The fraction of sp³-hybridized carbons (Fsp3) is 0. The molecule has 0 unspecified atom stereocenters. The maximum atomic E-state index is 12.8. The van der Waals surface area contributed by atoms with Gasteiger partial charge in [-0.1, -0.05) is 23.7 Å². The number of aromatic hydroxyl groups is 1. The lowest BCUT2D eigenvalue weighted by molar-refractivity contribution is 0.102. The van der Waals surface area contributed by atoms with Crippen LogP contribution in [0.1, 0.15) is 10.4 Å². The second kappa shape index (κ2) is 5.06. The quantitative estimate of drug-likeness (QED) is 0.874. The van der Waals surface area contributed by atoms with E-state index in [0.29, 0.717) is 10.7 Å². The molecule has 0 aliphatic carbocycles. The second-order valence-electron chi connectivity index (χ2n) is 3.60. The Morgan fingerprint density at radius 1 is 1.22 bits per heavy atom. The van der Waals surface area contributed by atoms with Crippen molar-refractivity contribution < 1.29 is 14.3 Å². The SMILES string of the molecule is O=C(Nc1ccccc1Cl)c1ccc(F)cc1O. The number of halogens is 2. The second-order valence-corrected chi connectivity index (χ2v) is 4.00. The van der Waals surface area contributed by atoms with Gasteiger partial charge in [-0.3, -0.25) is 4.79 Å². The van der Waals surface area contributed by atoms with E-state index in [0.717, 1.165) is 12.1 Å². The lowest BCUT2D eigenvalue weighted by Crippen LogP contribution is -2.12. The molecule has 2 aromatic rings. The summed E-state index contributed by atoms with van der Waals surface area (Å²) in [6, 6.07) is 9.88. The van der Waals surface area contributed by atoms with E-state index in [2.05, 4.69) is 5.32 Å². The molecule has 0 spiro atoms. The molecular weight excluding hydrogens is 257 g/mol. The molecule has 0 radical (unpaired) electrons. The minimum absolute atomic E-state index is 0.0173. The summed E-state index contributed by atoms with van der Waals surface area (Å²) >= 11 is 5.88. The van der Waals surface area contributed by atoms with E-state index in [1.807, 2.05) is 0 Å². The van der Waals surface area contributed by atoms with Crippen LogP contribution in [0, 0.1) is 5.82 Å². The minimum Gasteiger partial charge on any atom is -0.507 e. The van der Waals surface area contributed by atoms with Gasteiger partial charge < -0.3 is 10.4 Å². The summed E-state index contributed by atoms with van der Waals surface area (Å²) in [6.07, 6.45) is 0. The molecule has 0 heterocycles. The highest BCUT2D eigenvalue weighted by atomic mass is 35.5. The standard InChI is InChI=1S/C13H9ClFNO2/c14-10-3-1-2-4-11(10)16-13(18)9-6-5-8(15)7-12(9)17/h1-7,17H,(H,16,18). The van der Waals surface area contributed by atoms with Gasteiger partial charge >= 0.3 is 0 Å². The molecule has 2 rings (SSSR count). The fourth-order valence-electron chi connectivity index (χ4n) is 1.45. The van der Waals surface area contributed by atoms with Gasteiger partial charge in [0.25, 0.3) is 5.91 Å². The number of nitrogens with one attached hydrogen (secondary N) is 1. The molecule has 0 aliphatic heterocycles. The molecule has 3 nitrogen and oxygen atoms in total. The van der Waals surface area contributed by atoms with Crippen molar-refractivity contribution in [2.45, 2.75) is 0 Å². The first-order valence-corrected chi connectivity index (χ1v) is 5.50. The molecule has 5 heteroatoms. The van der Waals surface area contributed by atoms with Gasteiger partial charge in [-0.2, -0.15) is 0 Å². The van der Waals surface area contributed by atoms with E-state index in [-0.39, 0.29) is 5.56 Å². The average Bonchev–Trinajstić information content (AvgIpc) is 2.32. The Kier molecular flexibility index (Phi) is 3.48. The number of para-hydroxylation sites is 1. The molecule has 92 valence electrons. The highest BCUT2D eigenvalue weighted by Gasteiger charge is 2.13. The maximum absolute atomic E-state index is 12.8. The van der Waals surface area contributed by atoms with Gasteiger partial charge in [0.15, 0.2) is 0 Å². The van der Waals surface area contributed by atoms with E-state index in [1.165, 1.54) is 6.07 Å².